The Morgan fingerprint density at radius 3 is 2.68 bits per heavy atom. The number of hydrogen-bond donors (Lipinski definition) is 0. The number of alkyl halides is 1. The summed E-state index contributed by atoms with van der Waals surface area (Å²) in [6.07, 6.45) is 1.89. The summed E-state index contributed by atoms with van der Waals surface area (Å²) < 4.78 is 3.71. The van der Waals surface area contributed by atoms with Crippen LogP contribution in [0.1, 0.15) is 11.4 Å². The number of benzene rings is 1. The molecule has 2 aromatic heterocycles. The molecule has 0 fully saturated rings. The molecule has 0 unspecified atom stereocenters. The summed E-state index contributed by atoms with van der Waals surface area (Å²) in [5.74, 6) is 1.88. The molecule has 0 atom stereocenters. The fraction of sp³-hybridized carbons (Fsp3) is 0.231. The van der Waals surface area contributed by atoms with E-state index in [0.29, 0.717) is 10.9 Å². The second kappa shape index (κ2) is 4.54. The molecule has 0 amide bonds. The van der Waals surface area contributed by atoms with Gasteiger partial charge in [0.05, 0.1) is 16.9 Å². The lowest BCUT2D eigenvalue weighted by molar-refractivity contribution is 0.749. The predicted octanol–water partition coefficient (Wildman–Crippen LogP) is 3.46. The van der Waals surface area contributed by atoms with Crippen molar-refractivity contribution >= 4 is 34.2 Å². The molecule has 6 heteroatoms. The van der Waals surface area contributed by atoms with Gasteiger partial charge in [-0.05, 0) is 24.6 Å². The zero-order chi connectivity index (χ0) is 13.6. The molecule has 0 radical (unpaired) electrons. The van der Waals surface area contributed by atoms with Crippen LogP contribution in [0.4, 0.5) is 0 Å². The molecule has 1 aromatic carbocycles. The van der Waals surface area contributed by atoms with Gasteiger partial charge < -0.3 is 0 Å². The van der Waals surface area contributed by atoms with Crippen LogP contribution in [0.5, 0.6) is 0 Å². The van der Waals surface area contributed by atoms with E-state index in [9.17, 15) is 0 Å². The lowest BCUT2D eigenvalue weighted by atomic mass is 10.2. The van der Waals surface area contributed by atoms with Crippen molar-refractivity contribution in [2.24, 2.45) is 7.05 Å². The Hall–Kier alpha value is -1.52. The molecule has 0 saturated carbocycles. The number of fused-ring (bicyclic) bond motifs is 1. The highest BCUT2D eigenvalue weighted by atomic mass is 35.5. The van der Waals surface area contributed by atoms with Crippen LogP contribution in [0.25, 0.3) is 16.9 Å². The van der Waals surface area contributed by atoms with Crippen LogP contribution in [0.15, 0.2) is 24.4 Å². The van der Waals surface area contributed by atoms with Gasteiger partial charge >= 0.3 is 0 Å². The largest absolute Gasteiger partial charge is 0.277 e. The molecule has 2 heterocycles. The van der Waals surface area contributed by atoms with Crippen molar-refractivity contribution in [3.63, 3.8) is 0 Å². The minimum atomic E-state index is 0.322. The second-order valence-electron chi connectivity index (χ2n) is 4.38. The van der Waals surface area contributed by atoms with Crippen LogP contribution < -0.4 is 0 Å². The van der Waals surface area contributed by atoms with Crippen LogP contribution in [0, 0.1) is 6.92 Å². The first-order chi connectivity index (χ1) is 9.11. The van der Waals surface area contributed by atoms with Gasteiger partial charge in [0.25, 0.3) is 0 Å². The molecule has 0 aliphatic heterocycles. The van der Waals surface area contributed by atoms with E-state index in [1.165, 1.54) is 0 Å². The van der Waals surface area contributed by atoms with Crippen molar-refractivity contribution in [3.8, 4) is 5.82 Å². The smallest absolute Gasteiger partial charge is 0.160 e. The van der Waals surface area contributed by atoms with Crippen LogP contribution >= 0.6 is 23.2 Å². The zero-order valence-electron chi connectivity index (χ0n) is 10.6. The van der Waals surface area contributed by atoms with Gasteiger partial charge in [-0.15, -0.1) is 11.6 Å². The predicted molar refractivity (Wildman–Crippen MR) is 77.1 cm³/mol. The average molecular weight is 295 g/mol. The van der Waals surface area contributed by atoms with Crippen molar-refractivity contribution in [1.82, 2.24) is 19.3 Å². The molecule has 3 rings (SSSR count). The normalized spacial score (nSPS) is 11.4. The standard InChI is InChI=1S/C13H12Cl2N4/c1-8-9(15)3-4-10-13(8)19(12(7-14)16-10)11-5-6-18(2)17-11/h3-6H,7H2,1-2H3. The van der Waals surface area contributed by atoms with Gasteiger partial charge in [0.2, 0.25) is 0 Å². The molecule has 0 N–H and O–H groups in total. The highest BCUT2D eigenvalue weighted by molar-refractivity contribution is 6.32. The number of aryl methyl sites for hydroxylation is 2. The zero-order valence-corrected chi connectivity index (χ0v) is 12.1. The molecule has 0 saturated heterocycles. The minimum absolute atomic E-state index is 0.322. The highest BCUT2D eigenvalue weighted by Crippen LogP contribution is 2.28. The molecule has 0 aliphatic carbocycles. The molecule has 98 valence electrons. The Morgan fingerprint density at radius 1 is 1.26 bits per heavy atom. The molecule has 19 heavy (non-hydrogen) atoms. The summed E-state index contributed by atoms with van der Waals surface area (Å²) in [5.41, 5.74) is 2.82. The Labute approximate surface area is 120 Å². The van der Waals surface area contributed by atoms with Crippen LogP contribution in [-0.2, 0) is 12.9 Å². The number of halogens is 2. The second-order valence-corrected chi connectivity index (χ2v) is 5.06. The van der Waals surface area contributed by atoms with Crippen molar-refractivity contribution in [3.05, 3.63) is 40.8 Å². The van der Waals surface area contributed by atoms with Crippen LogP contribution in [0.3, 0.4) is 0 Å². The molecule has 0 spiro atoms. The van der Waals surface area contributed by atoms with E-state index in [0.717, 1.165) is 28.2 Å². The quantitative estimate of drug-likeness (QED) is 0.679. The van der Waals surface area contributed by atoms with Gasteiger partial charge in [-0.1, -0.05) is 11.6 Å². The van der Waals surface area contributed by atoms with Gasteiger partial charge in [0.1, 0.15) is 5.82 Å². The number of aromatic nitrogens is 4. The Bertz CT molecular complexity index is 757. The number of imidazole rings is 1. The van der Waals surface area contributed by atoms with Crippen molar-refractivity contribution in [1.29, 1.82) is 0 Å². The Morgan fingerprint density at radius 2 is 2.05 bits per heavy atom. The lowest BCUT2D eigenvalue weighted by Gasteiger charge is -2.06. The van der Waals surface area contributed by atoms with Gasteiger partial charge in [-0.3, -0.25) is 9.25 Å². The first-order valence-electron chi connectivity index (χ1n) is 5.84. The van der Waals surface area contributed by atoms with E-state index < -0.39 is 0 Å². The Kier molecular flexibility index (Phi) is 2.99. The van der Waals surface area contributed by atoms with Crippen molar-refractivity contribution < 1.29 is 0 Å². The fourth-order valence-electron chi connectivity index (χ4n) is 2.21. The van der Waals surface area contributed by atoms with Gasteiger partial charge in [-0.25, -0.2) is 4.98 Å². The van der Waals surface area contributed by atoms with Crippen molar-refractivity contribution in [2.75, 3.05) is 0 Å². The first kappa shape index (κ1) is 12.5. The summed E-state index contributed by atoms with van der Waals surface area (Å²) in [6, 6.07) is 5.69. The van der Waals surface area contributed by atoms with Gasteiger partial charge in [-0.2, -0.15) is 5.10 Å². The number of nitrogens with zero attached hydrogens (tertiary/aromatic N) is 4. The van der Waals surface area contributed by atoms with Gasteiger partial charge in [0.15, 0.2) is 5.82 Å². The molecule has 3 aromatic rings. The number of rotatable bonds is 2. The van der Waals surface area contributed by atoms with E-state index in [2.05, 4.69) is 10.1 Å². The summed E-state index contributed by atoms with van der Waals surface area (Å²) in [4.78, 5) is 4.54. The van der Waals surface area contributed by atoms with E-state index in [4.69, 9.17) is 23.2 Å². The average Bonchev–Trinajstić information content (AvgIpc) is 2.97. The van der Waals surface area contributed by atoms with E-state index in [-0.39, 0.29) is 0 Å². The fourth-order valence-corrected chi connectivity index (χ4v) is 2.54. The molecule has 0 bridgehead atoms. The molecular formula is C13H12Cl2N4. The summed E-state index contributed by atoms with van der Waals surface area (Å²) >= 11 is 12.2. The number of hydrogen-bond acceptors (Lipinski definition) is 2. The van der Waals surface area contributed by atoms with Gasteiger partial charge in [0, 0.05) is 24.3 Å². The first-order valence-corrected chi connectivity index (χ1v) is 6.75. The molecule has 4 nitrogen and oxygen atoms in total. The summed E-state index contributed by atoms with van der Waals surface area (Å²) in [6.45, 7) is 1.98. The summed E-state index contributed by atoms with van der Waals surface area (Å²) in [5, 5.41) is 5.13. The Balaban J connectivity index is 2.41. The molecule has 0 aliphatic rings. The summed E-state index contributed by atoms with van der Waals surface area (Å²) in [7, 11) is 1.88. The maximum Gasteiger partial charge on any atom is 0.160 e. The highest BCUT2D eigenvalue weighted by Gasteiger charge is 2.16. The third-order valence-electron chi connectivity index (χ3n) is 3.12. The molecular weight excluding hydrogens is 283 g/mol. The topological polar surface area (TPSA) is 35.6 Å². The van der Waals surface area contributed by atoms with Crippen molar-refractivity contribution in [2.45, 2.75) is 12.8 Å². The van der Waals surface area contributed by atoms with Crippen LogP contribution in [0.2, 0.25) is 5.02 Å². The monoisotopic (exact) mass is 294 g/mol. The lowest BCUT2D eigenvalue weighted by Crippen LogP contribution is -2.02. The third-order valence-corrected chi connectivity index (χ3v) is 3.77. The maximum absolute atomic E-state index is 6.21. The minimum Gasteiger partial charge on any atom is -0.277 e. The third kappa shape index (κ3) is 1.91. The van der Waals surface area contributed by atoms with Crippen LogP contribution in [-0.4, -0.2) is 19.3 Å². The van der Waals surface area contributed by atoms with E-state index >= 15 is 0 Å². The van der Waals surface area contributed by atoms with E-state index in [1.807, 2.05) is 42.9 Å². The maximum atomic E-state index is 6.21. The SMILES string of the molecule is Cc1c(Cl)ccc2nc(CCl)n(-c3ccn(C)n3)c12. The van der Waals surface area contributed by atoms with E-state index in [1.54, 1.807) is 4.68 Å².